The van der Waals surface area contributed by atoms with Crippen LogP contribution < -0.4 is 4.90 Å². The number of carbonyl (C=O) groups excluding carboxylic acids is 1. The molecule has 1 saturated heterocycles. The first-order valence-electron chi connectivity index (χ1n) is 16.7. The number of halogens is 3. The van der Waals surface area contributed by atoms with Gasteiger partial charge in [0.15, 0.2) is 5.11 Å². The summed E-state index contributed by atoms with van der Waals surface area (Å²) in [5.74, 6) is 2.14. The standard InChI is InChI=1S/C34H46F3N3O6S/c1-32(2)30(41)40(28-6-5-26(23-38)29(20-28)34(35,36)37)31(47)39(32)7-3-4-8-42-9-10-43-11-12-44-13-14-45-15-16-46-33-21-24-17-25(22-33)19-27(33)18-24/h5-6,20,24-25,27H,3-4,7-19,21-22H2,1-2H3. The summed E-state index contributed by atoms with van der Waals surface area (Å²) in [5, 5.41) is 9.22. The highest BCUT2D eigenvalue weighted by Gasteiger charge is 2.58. The lowest BCUT2D eigenvalue weighted by Gasteiger charge is -2.33. The van der Waals surface area contributed by atoms with Crippen LogP contribution >= 0.6 is 12.2 Å². The summed E-state index contributed by atoms with van der Waals surface area (Å²) in [7, 11) is 0. The number of rotatable bonds is 19. The number of unbranched alkanes of at least 4 members (excludes halogenated alkanes) is 1. The zero-order valence-corrected chi connectivity index (χ0v) is 28.1. The molecule has 1 amide bonds. The summed E-state index contributed by atoms with van der Waals surface area (Å²) in [6.45, 7) is 8.46. The minimum absolute atomic E-state index is 0.0127. The molecular weight excluding hydrogens is 635 g/mol. The van der Waals surface area contributed by atoms with Crippen LogP contribution in [0.4, 0.5) is 18.9 Å². The van der Waals surface area contributed by atoms with Gasteiger partial charge in [-0.3, -0.25) is 9.69 Å². The normalized spacial score (nSPS) is 26.2. The molecule has 1 aromatic carbocycles. The summed E-state index contributed by atoms with van der Waals surface area (Å²) in [6.07, 6.45) is 3.28. The van der Waals surface area contributed by atoms with E-state index in [2.05, 4.69) is 0 Å². The SMILES string of the molecule is CC1(C)C(=O)N(c2ccc(C#N)c(C(F)(F)F)c2)C(=S)N1CCCCOCCOCCOCCOCCOC12CC3CC(CC1C3)C2. The van der Waals surface area contributed by atoms with Crippen molar-refractivity contribution < 1.29 is 41.7 Å². The molecule has 4 saturated carbocycles. The van der Waals surface area contributed by atoms with Crippen molar-refractivity contribution in [1.29, 1.82) is 5.26 Å². The molecular formula is C34H46F3N3O6S. The van der Waals surface area contributed by atoms with Crippen molar-refractivity contribution in [1.82, 2.24) is 4.90 Å². The number of benzene rings is 1. The molecule has 0 radical (unpaired) electrons. The molecule has 2 atom stereocenters. The summed E-state index contributed by atoms with van der Waals surface area (Å²) in [6, 6.07) is 4.73. The third kappa shape index (κ3) is 8.28. The van der Waals surface area contributed by atoms with Gasteiger partial charge in [0.1, 0.15) is 5.54 Å². The number of alkyl halides is 3. The highest BCUT2D eigenvalue weighted by molar-refractivity contribution is 7.80. The minimum atomic E-state index is -4.74. The average molecular weight is 682 g/mol. The quantitative estimate of drug-likeness (QED) is 0.134. The van der Waals surface area contributed by atoms with Crippen LogP contribution in [0.5, 0.6) is 0 Å². The van der Waals surface area contributed by atoms with Crippen LogP contribution in [0.15, 0.2) is 18.2 Å². The van der Waals surface area contributed by atoms with Gasteiger partial charge in [0.2, 0.25) is 0 Å². The summed E-state index contributed by atoms with van der Waals surface area (Å²) in [4.78, 5) is 16.1. The van der Waals surface area contributed by atoms with E-state index in [1.54, 1.807) is 24.8 Å². The summed E-state index contributed by atoms with van der Waals surface area (Å²) in [5.41, 5.74) is -2.50. The Morgan fingerprint density at radius 3 is 2.04 bits per heavy atom. The number of amides is 1. The van der Waals surface area contributed by atoms with Gasteiger partial charge in [0.25, 0.3) is 5.91 Å². The number of nitrogens with zero attached hydrogens (tertiary/aromatic N) is 3. The number of thiocarbonyl (C=S) groups is 1. The summed E-state index contributed by atoms with van der Waals surface area (Å²) < 4.78 is 69.3. The van der Waals surface area contributed by atoms with Gasteiger partial charge in [0, 0.05) is 13.2 Å². The van der Waals surface area contributed by atoms with Gasteiger partial charge in [0.05, 0.1) is 81.3 Å². The first-order chi connectivity index (χ1) is 22.5. The molecule has 9 nitrogen and oxygen atoms in total. The fourth-order valence-electron chi connectivity index (χ4n) is 7.94. The largest absolute Gasteiger partial charge is 0.417 e. The van der Waals surface area contributed by atoms with E-state index >= 15 is 0 Å². The smallest absolute Gasteiger partial charge is 0.379 e. The number of hydrogen-bond acceptors (Lipinski definition) is 8. The van der Waals surface area contributed by atoms with Crippen molar-refractivity contribution in [2.75, 3.05) is 70.9 Å². The first kappa shape index (κ1) is 36.0. The number of hydrogen-bond donors (Lipinski definition) is 0. The molecule has 0 aromatic heterocycles. The van der Waals surface area contributed by atoms with Crippen LogP contribution in [0.1, 0.15) is 69.9 Å². The maximum Gasteiger partial charge on any atom is 0.417 e. The van der Waals surface area contributed by atoms with Gasteiger partial charge < -0.3 is 28.6 Å². The van der Waals surface area contributed by atoms with Crippen molar-refractivity contribution in [3.63, 3.8) is 0 Å². The molecule has 4 aliphatic carbocycles. The van der Waals surface area contributed by atoms with E-state index in [-0.39, 0.29) is 16.4 Å². The fraction of sp³-hybridized carbons (Fsp3) is 0.735. The Morgan fingerprint density at radius 1 is 0.894 bits per heavy atom. The van der Waals surface area contributed by atoms with Gasteiger partial charge >= 0.3 is 6.18 Å². The maximum absolute atomic E-state index is 13.5. The van der Waals surface area contributed by atoms with Gasteiger partial charge in [-0.25, -0.2) is 0 Å². The molecule has 1 heterocycles. The van der Waals surface area contributed by atoms with Crippen molar-refractivity contribution in [2.24, 2.45) is 17.8 Å². The zero-order valence-electron chi connectivity index (χ0n) is 27.3. The molecule has 2 unspecified atom stereocenters. The monoisotopic (exact) mass is 681 g/mol. The van der Waals surface area contributed by atoms with Crippen molar-refractivity contribution in [2.45, 2.75) is 76.1 Å². The molecule has 0 spiro atoms. The van der Waals surface area contributed by atoms with E-state index in [0.717, 1.165) is 34.8 Å². The lowest BCUT2D eigenvalue weighted by atomic mass is 9.81. The Morgan fingerprint density at radius 2 is 1.47 bits per heavy atom. The Hall–Kier alpha value is -2.34. The van der Waals surface area contributed by atoms with E-state index in [9.17, 15) is 18.0 Å². The van der Waals surface area contributed by atoms with E-state index in [1.165, 1.54) is 38.2 Å². The highest BCUT2D eigenvalue weighted by Crippen LogP contribution is 2.61. The molecule has 5 fully saturated rings. The predicted molar refractivity (Wildman–Crippen MR) is 172 cm³/mol. The molecule has 13 heteroatoms. The average Bonchev–Trinajstić information content (AvgIpc) is 3.48. The van der Waals surface area contributed by atoms with Crippen LogP contribution in [0.3, 0.4) is 0 Å². The minimum Gasteiger partial charge on any atom is -0.379 e. The van der Waals surface area contributed by atoms with E-state index < -0.39 is 28.7 Å². The molecule has 1 aliphatic heterocycles. The lowest BCUT2D eigenvalue weighted by molar-refractivity contribution is -0.137. The molecule has 6 rings (SSSR count). The van der Waals surface area contributed by atoms with Crippen LogP contribution in [0.2, 0.25) is 0 Å². The first-order valence-corrected chi connectivity index (χ1v) is 17.1. The topological polar surface area (TPSA) is 93.5 Å². The maximum atomic E-state index is 13.5. The van der Waals surface area contributed by atoms with Crippen LogP contribution in [-0.2, 0) is 34.7 Å². The van der Waals surface area contributed by atoms with Gasteiger partial charge in [-0.1, -0.05) is 0 Å². The van der Waals surface area contributed by atoms with Crippen molar-refractivity contribution in [3.05, 3.63) is 29.3 Å². The third-order valence-corrected chi connectivity index (χ3v) is 10.5. The second-order valence-corrected chi connectivity index (χ2v) is 14.0. The molecule has 47 heavy (non-hydrogen) atoms. The fourth-order valence-corrected chi connectivity index (χ4v) is 8.45. The number of nitriles is 1. The van der Waals surface area contributed by atoms with E-state index in [1.807, 2.05) is 0 Å². The van der Waals surface area contributed by atoms with Crippen LogP contribution in [0, 0.1) is 29.1 Å². The van der Waals surface area contributed by atoms with Crippen molar-refractivity contribution in [3.8, 4) is 6.07 Å². The Labute approximate surface area is 280 Å². The lowest BCUT2D eigenvalue weighted by Crippen LogP contribution is -2.44. The number of ether oxygens (including phenoxy) is 5. The zero-order chi connectivity index (χ0) is 33.7. The molecule has 0 N–H and O–H groups in total. The Kier molecular flexibility index (Phi) is 11.8. The number of anilines is 1. The molecule has 5 aliphatic rings. The van der Waals surface area contributed by atoms with Crippen LogP contribution in [0.25, 0.3) is 0 Å². The molecule has 1 aromatic rings. The molecule has 260 valence electrons. The van der Waals surface area contributed by atoms with Gasteiger partial charge in [-0.05, 0) is 107 Å². The Bertz CT molecular complexity index is 1290. The molecule has 4 bridgehead atoms. The highest BCUT2D eigenvalue weighted by atomic mass is 32.1. The summed E-state index contributed by atoms with van der Waals surface area (Å²) >= 11 is 5.53. The van der Waals surface area contributed by atoms with E-state index in [0.29, 0.717) is 78.8 Å². The van der Waals surface area contributed by atoms with E-state index in [4.69, 9.17) is 41.2 Å². The second kappa shape index (κ2) is 15.5. The second-order valence-electron chi connectivity index (χ2n) is 13.6. The van der Waals surface area contributed by atoms with Gasteiger partial charge in [-0.2, -0.15) is 18.4 Å². The van der Waals surface area contributed by atoms with Crippen molar-refractivity contribution >= 4 is 28.9 Å². The Balaban J connectivity index is 0.872. The third-order valence-electron chi connectivity index (χ3n) is 10.1. The number of carbonyl (C=O) groups is 1. The van der Waals surface area contributed by atoms with Gasteiger partial charge in [-0.15, -0.1) is 0 Å². The predicted octanol–water partition coefficient (Wildman–Crippen LogP) is 5.73. The van der Waals surface area contributed by atoms with Crippen LogP contribution in [-0.4, -0.2) is 93.1 Å².